The third kappa shape index (κ3) is 4.40. The maximum Gasteiger partial charge on any atom is 0.407 e. The number of hydrogen-bond donors (Lipinski definition) is 2. The summed E-state index contributed by atoms with van der Waals surface area (Å²) >= 11 is 1.43. The molecule has 0 aromatic heterocycles. The van der Waals surface area contributed by atoms with Crippen molar-refractivity contribution in [3.8, 4) is 11.1 Å². The van der Waals surface area contributed by atoms with Gasteiger partial charge in [0, 0.05) is 11.7 Å². The Hall–Kier alpha value is -3.00. The number of carboxylic acid groups (broad SMARTS) is 1. The third-order valence-electron chi connectivity index (χ3n) is 7.60. The Morgan fingerprint density at radius 3 is 2.11 bits per heavy atom. The summed E-state index contributed by atoms with van der Waals surface area (Å²) < 4.78 is 5.68. The van der Waals surface area contributed by atoms with Gasteiger partial charge in [-0.1, -0.05) is 48.5 Å². The minimum atomic E-state index is -1.08. The Balaban J connectivity index is 1.46. The van der Waals surface area contributed by atoms with Gasteiger partial charge < -0.3 is 20.1 Å². The van der Waals surface area contributed by atoms with Gasteiger partial charge in [0.2, 0.25) is 5.91 Å². The average Bonchev–Trinajstić information content (AvgIpc) is 3.35. The quantitative estimate of drug-likeness (QED) is 0.602. The number of nitrogens with one attached hydrogen (secondary N) is 1. The fourth-order valence-electron chi connectivity index (χ4n) is 4.78. The number of carbonyl (C=O) groups is 3. The van der Waals surface area contributed by atoms with Crippen molar-refractivity contribution in [3.05, 3.63) is 59.7 Å². The van der Waals surface area contributed by atoms with Crippen molar-refractivity contribution in [2.45, 2.75) is 57.5 Å². The van der Waals surface area contributed by atoms with E-state index in [1.54, 1.807) is 27.7 Å². The van der Waals surface area contributed by atoms with Crippen molar-refractivity contribution in [2.24, 2.45) is 5.41 Å². The summed E-state index contributed by atoms with van der Waals surface area (Å²) in [5.41, 5.74) is 2.46. The highest BCUT2D eigenvalue weighted by Crippen LogP contribution is 2.44. The smallest absolute Gasteiger partial charge is 0.407 e. The molecule has 4 rings (SSSR count). The highest BCUT2D eigenvalue weighted by Gasteiger charge is 2.51. The molecule has 7 nitrogen and oxygen atoms in total. The molecule has 2 amide bonds. The van der Waals surface area contributed by atoms with E-state index in [9.17, 15) is 19.5 Å². The molecule has 35 heavy (non-hydrogen) atoms. The van der Waals surface area contributed by atoms with Crippen LogP contribution in [0.25, 0.3) is 11.1 Å². The molecule has 0 spiro atoms. The van der Waals surface area contributed by atoms with E-state index >= 15 is 0 Å². The number of aliphatic carboxylic acids is 1. The maximum absolute atomic E-state index is 13.5. The van der Waals surface area contributed by atoms with Crippen LogP contribution in [0.4, 0.5) is 4.79 Å². The van der Waals surface area contributed by atoms with Gasteiger partial charge in [-0.3, -0.25) is 4.79 Å². The second kappa shape index (κ2) is 9.22. The van der Waals surface area contributed by atoms with Crippen LogP contribution in [0, 0.1) is 5.41 Å². The van der Waals surface area contributed by atoms with Crippen LogP contribution in [-0.4, -0.2) is 57.3 Å². The summed E-state index contributed by atoms with van der Waals surface area (Å²) in [5, 5.41) is 12.2. The molecule has 2 atom stereocenters. The Bertz CT molecular complexity index is 1120. The van der Waals surface area contributed by atoms with Crippen molar-refractivity contribution in [2.75, 3.05) is 12.4 Å². The molecule has 2 N–H and O–H groups in total. The van der Waals surface area contributed by atoms with Crippen LogP contribution in [0.2, 0.25) is 0 Å². The monoisotopic (exact) mass is 496 g/mol. The largest absolute Gasteiger partial charge is 0.480 e. The van der Waals surface area contributed by atoms with Crippen LogP contribution in [-0.2, 0) is 14.3 Å². The van der Waals surface area contributed by atoms with E-state index < -0.39 is 29.1 Å². The van der Waals surface area contributed by atoms with Gasteiger partial charge in [0.25, 0.3) is 0 Å². The molecule has 1 heterocycles. The molecule has 2 aliphatic rings. The van der Waals surface area contributed by atoms with Crippen LogP contribution in [0.1, 0.15) is 51.7 Å². The second-order valence-corrected chi connectivity index (χ2v) is 11.5. The summed E-state index contributed by atoms with van der Waals surface area (Å²) in [6, 6.07) is 15.4. The van der Waals surface area contributed by atoms with Crippen LogP contribution in [0.5, 0.6) is 0 Å². The van der Waals surface area contributed by atoms with Crippen LogP contribution < -0.4 is 5.32 Å². The molecule has 1 aliphatic heterocycles. The zero-order valence-electron chi connectivity index (χ0n) is 20.7. The lowest BCUT2D eigenvalue weighted by molar-refractivity contribution is -0.155. The molecule has 0 saturated carbocycles. The molecule has 1 aliphatic carbocycles. The SMILES string of the molecule is CC1SCC(C(=O)O)N1C(=O)C(C)(C)C(C)(C)NC(=O)OCC1c2ccccc2-c2ccccc21. The molecule has 186 valence electrons. The Labute approximate surface area is 210 Å². The molecule has 0 radical (unpaired) electrons. The number of amides is 2. The highest BCUT2D eigenvalue weighted by molar-refractivity contribution is 8.00. The van der Waals surface area contributed by atoms with Gasteiger partial charge in [-0.05, 0) is 56.9 Å². The number of hydrogen-bond acceptors (Lipinski definition) is 5. The topological polar surface area (TPSA) is 95.9 Å². The lowest BCUT2D eigenvalue weighted by atomic mass is 9.73. The van der Waals surface area contributed by atoms with Gasteiger partial charge >= 0.3 is 12.1 Å². The first-order valence-electron chi connectivity index (χ1n) is 11.8. The number of rotatable bonds is 6. The lowest BCUT2D eigenvalue weighted by Gasteiger charge is -2.44. The molecule has 1 fully saturated rings. The first kappa shape index (κ1) is 25.1. The number of nitrogens with zero attached hydrogens (tertiary/aromatic N) is 1. The molecule has 1 saturated heterocycles. The zero-order valence-corrected chi connectivity index (χ0v) is 21.5. The van der Waals surface area contributed by atoms with Crippen molar-refractivity contribution < 1.29 is 24.2 Å². The summed E-state index contributed by atoms with van der Waals surface area (Å²) in [5.74, 6) is -1.05. The fraction of sp³-hybridized carbons (Fsp3) is 0.444. The second-order valence-electron chi connectivity index (χ2n) is 10.2. The van der Waals surface area contributed by atoms with Gasteiger partial charge in [-0.25, -0.2) is 9.59 Å². The number of carboxylic acids is 1. The molecule has 8 heteroatoms. The molecular weight excluding hydrogens is 464 g/mol. The van der Waals surface area contributed by atoms with E-state index in [2.05, 4.69) is 29.6 Å². The molecule has 2 aromatic carbocycles. The first-order valence-corrected chi connectivity index (χ1v) is 12.8. The lowest BCUT2D eigenvalue weighted by Crippen LogP contribution is -2.62. The van der Waals surface area contributed by atoms with E-state index in [1.165, 1.54) is 16.7 Å². The Morgan fingerprint density at radius 1 is 1.03 bits per heavy atom. The Morgan fingerprint density at radius 2 is 1.57 bits per heavy atom. The van der Waals surface area contributed by atoms with Crippen molar-refractivity contribution >= 4 is 29.7 Å². The van der Waals surface area contributed by atoms with Gasteiger partial charge in [-0.2, -0.15) is 0 Å². The maximum atomic E-state index is 13.5. The van der Waals surface area contributed by atoms with E-state index in [-0.39, 0.29) is 23.8 Å². The molecule has 2 aromatic rings. The summed E-state index contributed by atoms with van der Waals surface area (Å²) in [7, 11) is 0. The van der Waals surface area contributed by atoms with Gasteiger partial charge in [0.05, 0.1) is 16.3 Å². The van der Waals surface area contributed by atoms with Crippen LogP contribution in [0.3, 0.4) is 0 Å². The van der Waals surface area contributed by atoms with Crippen molar-refractivity contribution in [1.29, 1.82) is 0 Å². The van der Waals surface area contributed by atoms with Crippen LogP contribution >= 0.6 is 11.8 Å². The van der Waals surface area contributed by atoms with Gasteiger partial charge in [0.1, 0.15) is 12.6 Å². The zero-order chi connectivity index (χ0) is 25.5. The highest BCUT2D eigenvalue weighted by atomic mass is 32.2. The Kier molecular flexibility index (Phi) is 6.62. The standard InChI is InChI=1S/C27H32N2O5S/c1-16-29(22(15-35-16)23(30)31)24(32)26(2,3)27(4,5)28-25(33)34-14-21-19-12-8-6-10-17(19)18-11-7-9-13-20(18)21/h6-13,16,21-22H,14-15H2,1-5H3,(H,28,33)(H,30,31). The van der Waals surface area contributed by atoms with E-state index in [0.29, 0.717) is 5.75 Å². The van der Waals surface area contributed by atoms with E-state index in [4.69, 9.17) is 4.74 Å². The summed E-state index contributed by atoms with van der Waals surface area (Å²) in [6.45, 7) is 8.98. The average molecular weight is 497 g/mol. The summed E-state index contributed by atoms with van der Waals surface area (Å²) in [6.07, 6.45) is -0.614. The number of benzene rings is 2. The van der Waals surface area contributed by atoms with Crippen molar-refractivity contribution in [1.82, 2.24) is 10.2 Å². The minimum absolute atomic E-state index is 0.0651. The van der Waals surface area contributed by atoms with Crippen molar-refractivity contribution in [3.63, 3.8) is 0 Å². The van der Waals surface area contributed by atoms with E-state index in [0.717, 1.165) is 22.3 Å². The number of alkyl carbamates (subject to hydrolysis) is 1. The van der Waals surface area contributed by atoms with Gasteiger partial charge in [-0.15, -0.1) is 11.8 Å². The normalized spacial score (nSPS) is 19.7. The molecule has 0 bridgehead atoms. The third-order valence-corrected chi connectivity index (χ3v) is 8.82. The summed E-state index contributed by atoms with van der Waals surface area (Å²) in [4.78, 5) is 39.6. The number of carbonyl (C=O) groups excluding carboxylic acids is 2. The fourth-order valence-corrected chi connectivity index (χ4v) is 5.94. The van der Waals surface area contributed by atoms with Crippen LogP contribution in [0.15, 0.2) is 48.5 Å². The predicted octanol–water partition coefficient (Wildman–Crippen LogP) is 4.70. The molecule has 2 unspecified atom stereocenters. The van der Waals surface area contributed by atoms with E-state index in [1.807, 2.05) is 31.2 Å². The molecular formula is C27H32N2O5S. The van der Waals surface area contributed by atoms with Gasteiger partial charge in [0.15, 0.2) is 0 Å². The first-order chi connectivity index (χ1) is 16.5. The number of fused-ring (bicyclic) bond motifs is 3. The minimum Gasteiger partial charge on any atom is -0.480 e. The number of thioether (sulfide) groups is 1. The number of ether oxygens (including phenoxy) is 1. The predicted molar refractivity (Wildman–Crippen MR) is 136 cm³/mol.